The number of aromatic nitrogens is 5. The van der Waals surface area contributed by atoms with Gasteiger partial charge in [-0.1, -0.05) is 30.0 Å². The Hall–Kier alpha value is -3.09. The zero-order valence-electron chi connectivity index (χ0n) is 15.0. The first-order valence-corrected chi connectivity index (χ1v) is 10.3. The second kappa shape index (κ2) is 7.88. The highest BCUT2D eigenvalue weighted by molar-refractivity contribution is 7.99. The number of nitrogens with zero attached hydrogens (tertiary/aromatic N) is 5. The van der Waals surface area contributed by atoms with Gasteiger partial charge in [-0.25, -0.2) is 4.98 Å². The van der Waals surface area contributed by atoms with Gasteiger partial charge in [0.25, 0.3) is 0 Å². The normalized spacial score (nSPS) is 12.1. The van der Waals surface area contributed by atoms with E-state index in [1.807, 2.05) is 53.4 Å². The molecule has 3 aromatic heterocycles. The Morgan fingerprint density at radius 2 is 2.14 bits per heavy atom. The van der Waals surface area contributed by atoms with Crippen molar-refractivity contribution in [1.29, 1.82) is 5.26 Å². The molecule has 7 nitrogen and oxygen atoms in total. The molecule has 0 aliphatic heterocycles. The van der Waals surface area contributed by atoms with E-state index >= 15 is 0 Å². The Labute approximate surface area is 169 Å². The zero-order valence-corrected chi connectivity index (χ0v) is 16.6. The third-order valence-corrected chi connectivity index (χ3v) is 6.11. The average Bonchev–Trinajstić information content (AvgIpc) is 3.43. The average molecular weight is 409 g/mol. The molecular formula is C19H16N6OS2. The van der Waals surface area contributed by atoms with E-state index in [0.717, 1.165) is 16.9 Å². The summed E-state index contributed by atoms with van der Waals surface area (Å²) < 4.78 is 1.91. The van der Waals surface area contributed by atoms with Crippen molar-refractivity contribution >= 4 is 39.7 Å². The van der Waals surface area contributed by atoms with E-state index in [1.54, 1.807) is 11.3 Å². The number of aliphatic hydroxyl groups excluding tert-OH is 1. The fraction of sp³-hybridized carbons (Fsp3) is 0.158. The number of hydrogen-bond donors (Lipinski definition) is 2. The molecule has 0 bridgehead atoms. The van der Waals surface area contributed by atoms with Gasteiger partial charge in [0, 0.05) is 18.3 Å². The summed E-state index contributed by atoms with van der Waals surface area (Å²) in [6, 6.07) is 13.6. The van der Waals surface area contributed by atoms with Crippen molar-refractivity contribution in [3.8, 4) is 6.07 Å². The molecule has 9 heteroatoms. The van der Waals surface area contributed by atoms with E-state index < -0.39 is 0 Å². The van der Waals surface area contributed by atoms with Crippen molar-refractivity contribution in [3.63, 3.8) is 0 Å². The summed E-state index contributed by atoms with van der Waals surface area (Å²) in [6.07, 6.45) is 0.714. The lowest BCUT2D eigenvalue weighted by Crippen LogP contribution is -2.00. The van der Waals surface area contributed by atoms with Crippen molar-refractivity contribution in [3.05, 3.63) is 64.1 Å². The minimum Gasteiger partial charge on any atom is -0.510 e. The molecule has 3 heterocycles. The van der Waals surface area contributed by atoms with Crippen LogP contribution in [0, 0.1) is 11.3 Å². The molecule has 0 aliphatic rings. The monoisotopic (exact) mass is 408 g/mol. The van der Waals surface area contributed by atoms with Crippen LogP contribution in [0.2, 0.25) is 0 Å². The molecule has 0 atom stereocenters. The number of thioether (sulfide) groups is 1. The summed E-state index contributed by atoms with van der Waals surface area (Å²) in [5.74, 6) is 1.36. The standard InChI is InChI=1S/C19H16N6OS2/c1-25-17(9-12-5-4-8-27-12)23-24-19(25)28-11-16(26)13(10-20)18-21-14-6-2-3-7-15(14)22-18/h2-8,26H,9,11H2,1H3,(H,21,22)/b16-13-. The van der Waals surface area contributed by atoms with Gasteiger partial charge in [-0.2, -0.15) is 5.26 Å². The predicted molar refractivity (Wildman–Crippen MR) is 110 cm³/mol. The fourth-order valence-electron chi connectivity index (χ4n) is 2.72. The van der Waals surface area contributed by atoms with Crippen molar-refractivity contribution < 1.29 is 5.11 Å². The number of nitrogens with one attached hydrogen (secondary N) is 1. The maximum Gasteiger partial charge on any atom is 0.191 e. The van der Waals surface area contributed by atoms with Gasteiger partial charge in [0.05, 0.1) is 16.8 Å². The first-order valence-electron chi connectivity index (χ1n) is 8.46. The minimum absolute atomic E-state index is 0.0469. The minimum atomic E-state index is -0.0469. The Kier molecular flexibility index (Phi) is 5.14. The third kappa shape index (κ3) is 3.65. The number of H-pyrrole nitrogens is 1. The van der Waals surface area contributed by atoms with Gasteiger partial charge >= 0.3 is 0 Å². The molecule has 0 unspecified atom stereocenters. The van der Waals surface area contributed by atoms with E-state index in [-0.39, 0.29) is 17.1 Å². The topological polar surface area (TPSA) is 103 Å². The third-order valence-electron chi connectivity index (χ3n) is 4.20. The van der Waals surface area contributed by atoms with Gasteiger partial charge in [-0.3, -0.25) is 0 Å². The number of hydrogen-bond acceptors (Lipinski definition) is 7. The highest BCUT2D eigenvalue weighted by Gasteiger charge is 2.16. The number of imidazole rings is 1. The van der Waals surface area contributed by atoms with E-state index in [0.29, 0.717) is 17.4 Å². The molecule has 1 aromatic carbocycles. The van der Waals surface area contributed by atoms with Crippen LogP contribution in [0.15, 0.2) is 52.7 Å². The Morgan fingerprint density at radius 3 is 2.89 bits per heavy atom. The van der Waals surface area contributed by atoms with Gasteiger partial charge in [-0.05, 0) is 23.6 Å². The van der Waals surface area contributed by atoms with Gasteiger partial charge < -0.3 is 14.7 Å². The maximum atomic E-state index is 10.5. The number of nitriles is 1. The molecule has 0 amide bonds. The fourth-order valence-corrected chi connectivity index (χ4v) is 4.23. The molecule has 2 N–H and O–H groups in total. The summed E-state index contributed by atoms with van der Waals surface area (Å²) in [5.41, 5.74) is 1.69. The summed E-state index contributed by atoms with van der Waals surface area (Å²) in [4.78, 5) is 8.67. The molecular weight excluding hydrogens is 392 g/mol. The van der Waals surface area contributed by atoms with Gasteiger partial charge in [0.2, 0.25) is 0 Å². The molecule has 0 spiro atoms. The first-order chi connectivity index (χ1) is 13.7. The number of aliphatic hydroxyl groups is 1. The lowest BCUT2D eigenvalue weighted by Gasteiger charge is -2.04. The van der Waals surface area contributed by atoms with Crippen LogP contribution in [0.1, 0.15) is 16.5 Å². The highest BCUT2D eigenvalue weighted by Crippen LogP contribution is 2.24. The van der Waals surface area contributed by atoms with Crippen molar-refractivity contribution in [2.45, 2.75) is 11.6 Å². The van der Waals surface area contributed by atoms with Crippen LogP contribution in [0.25, 0.3) is 16.6 Å². The predicted octanol–water partition coefficient (Wildman–Crippen LogP) is 3.93. The van der Waals surface area contributed by atoms with Crippen LogP contribution < -0.4 is 0 Å². The van der Waals surface area contributed by atoms with Crippen molar-refractivity contribution in [1.82, 2.24) is 24.7 Å². The summed E-state index contributed by atoms with van der Waals surface area (Å²) in [6.45, 7) is 0. The number of allylic oxidation sites excluding steroid dienone is 1. The van der Waals surface area contributed by atoms with Crippen molar-refractivity contribution in [2.24, 2.45) is 7.05 Å². The van der Waals surface area contributed by atoms with E-state index in [2.05, 4.69) is 26.2 Å². The molecule has 0 radical (unpaired) electrons. The van der Waals surface area contributed by atoms with Crippen LogP contribution in [0.5, 0.6) is 0 Å². The van der Waals surface area contributed by atoms with Crippen molar-refractivity contribution in [2.75, 3.05) is 5.75 Å². The first kappa shape index (κ1) is 18.3. The van der Waals surface area contributed by atoms with E-state index in [9.17, 15) is 10.4 Å². The van der Waals surface area contributed by atoms with E-state index in [1.165, 1.54) is 16.6 Å². The highest BCUT2D eigenvalue weighted by atomic mass is 32.2. The molecule has 0 aliphatic carbocycles. The second-order valence-corrected chi connectivity index (χ2v) is 8.01. The Bertz CT molecular complexity index is 1150. The molecule has 140 valence electrons. The summed E-state index contributed by atoms with van der Waals surface area (Å²) in [7, 11) is 1.90. The number of fused-ring (bicyclic) bond motifs is 1. The van der Waals surface area contributed by atoms with Crippen LogP contribution in [0.3, 0.4) is 0 Å². The quantitative estimate of drug-likeness (QED) is 0.285. The Morgan fingerprint density at radius 1 is 1.29 bits per heavy atom. The lowest BCUT2D eigenvalue weighted by atomic mass is 10.2. The number of aromatic amines is 1. The van der Waals surface area contributed by atoms with Crippen LogP contribution in [0.4, 0.5) is 0 Å². The SMILES string of the molecule is Cn1c(Cc2cccs2)nnc1SC/C(O)=C(\C#N)c1nc2ccccc2[nH]1. The number of para-hydroxylation sites is 2. The van der Waals surface area contributed by atoms with Crippen LogP contribution in [-0.2, 0) is 13.5 Å². The van der Waals surface area contributed by atoms with Crippen LogP contribution >= 0.6 is 23.1 Å². The number of rotatable bonds is 6. The second-order valence-electron chi connectivity index (χ2n) is 6.04. The maximum absolute atomic E-state index is 10.5. The zero-order chi connectivity index (χ0) is 19.5. The molecule has 28 heavy (non-hydrogen) atoms. The summed E-state index contributed by atoms with van der Waals surface area (Å²) in [5, 5.41) is 31.1. The van der Waals surface area contributed by atoms with Gasteiger partial charge in [0.1, 0.15) is 23.2 Å². The molecule has 0 saturated heterocycles. The lowest BCUT2D eigenvalue weighted by molar-refractivity contribution is 0.420. The van der Waals surface area contributed by atoms with Gasteiger partial charge in [-0.15, -0.1) is 21.5 Å². The van der Waals surface area contributed by atoms with Gasteiger partial charge in [0.15, 0.2) is 11.0 Å². The summed E-state index contributed by atoms with van der Waals surface area (Å²) >= 11 is 3.00. The molecule has 0 fully saturated rings. The largest absolute Gasteiger partial charge is 0.510 e. The van der Waals surface area contributed by atoms with Crippen LogP contribution in [-0.4, -0.2) is 35.6 Å². The number of thiophene rings is 1. The number of benzene rings is 1. The smallest absolute Gasteiger partial charge is 0.191 e. The molecule has 4 rings (SSSR count). The van der Waals surface area contributed by atoms with E-state index in [4.69, 9.17) is 0 Å². The Balaban J connectivity index is 1.51. The molecule has 4 aromatic rings. The molecule has 0 saturated carbocycles.